The Labute approximate surface area is 154 Å². The number of aliphatic carboxylic acids is 1. The highest BCUT2D eigenvalue weighted by atomic mass is 19.3. The summed E-state index contributed by atoms with van der Waals surface area (Å²) in [5, 5.41) is 17.2. The van der Waals surface area contributed by atoms with Gasteiger partial charge >= 0.3 is 17.8 Å². The van der Waals surface area contributed by atoms with Gasteiger partial charge in [-0.05, 0) is 20.3 Å². The van der Waals surface area contributed by atoms with E-state index >= 15 is 0 Å². The number of carboxylic acids is 1. The quantitative estimate of drug-likeness (QED) is 0.499. The fraction of sp³-hybridized carbons (Fsp3) is 0.556. The molecule has 1 aromatic carbocycles. The van der Waals surface area contributed by atoms with Crippen LogP contribution in [0.1, 0.15) is 50.4 Å². The zero-order valence-electron chi connectivity index (χ0n) is 15.2. The van der Waals surface area contributed by atoms with Crippen LogP contribution < -0.4 is 0 Å². The fourth-order valence-electron chi connectivity index (χ4n) is 1.85. The molecule has 0 heterocycles. The summed E-state index contributed by atoms with van der Waals surface area (Å²) in [6, 6.07) is 8.78. The minimum atomic E-state index is -5.37. The molecule has 1 rings (SSSR count). The molecule has 0 bridgehead atoms. The Hall–Kier alpha value is -2.03. The van der Waals surface area contributed by atoms with Gasteiger partial charge in [0.25, 0.3) is 0 Å². The largest absolute Gasteiger partial charge is 0.477 e. The van der Waals surface area contributed by atoms with Gasteiger partial charge in [-0.25, -0.2) is 9.18 Å². The molecule has 0 aliphatic carbocycles. The molecule has 0 saturated carbocycles. The predicted octanol–water partition coefficient (Wildman–Crippen LogP) is 4.51. The molecule has 0 fully saturated rings. The number of carboxylic acid groups (broad SMARTS) is 1. The lowest BCUT2D eigenvalue weighted by Gasteiger charge is -2.25. The van der Waals surface area contributed by atoms with Crippen molar-refractivity contribution in [2.24, 2.45) is 0 Å². The second kappa shape index (κ2) is 9.77. The first-order valence-corrected chi connectivity index (χ1v) is 8.14. The smallest absolute Gasteiger partial charge is 0.407 e. The third-order valence-electron chi connectivity index (χ3n) is 3.48. The van der Waals surface area contributed by atoms with Gasteiger partial charge in [-0.3, -0.25) is 4.79 Å². The molecule has 4 nitrogen and oxygen atoms in total. The maximum Gasteiger partial charge on any atom is 0.407 e. The number of aliphatic hydroxyl groups is 1. The number of Topliss-reactive ketones (excluding diaryl/α,β-unsaturated/α-hetero) is 1. The summed E-state index contributed by atoms with van der Waals surface area (Å²) in [4.78, 5) is 21.3. The summed E-state index contributed by atoms with van der Waals surface area (Å²) in [6.45, 7) is 4.55. The summed E-state index contributed by atoms with van der Waals surface area (Å²) in [6.07, 6.45) is -3.59. The Morgan fingerprint density at radius 2 is 1.56 bits per heavy atom. The van der Waals surface area contributed by atoms with Crippen LogP contribution in [0.15, 0.2) is 30.3 Å². The molecular formula is C18H23F5O4. The summed E-state index contributed by atoms with van der Waals surface area (Å²) < 4.78 is 62.9. The van der Waals surface area contributed by atoms with Gasteiger partial charge in [0.05, 0.1) is 0 Å². The molecule has 1 atom stereocenters. The van der Waals surface area contributed by atoms with Crippen molar-refractivity contribution in [2.75, 3.05) is 0 Å². The molecule has 27 heavy (non-hydrogen) atoms. The van der Waals surface area contributed by atoms with Gasteiger partial charge in [0.1, 0.15) is 5.60 Å². The van der Waals surface area contributed by atoms with Crippen LogP contribution in [0.4, 0.5) is 22.0 Å². The molecule has 154 valence electrons. The van der Waals surface area contributed by atoms with Crippen molar-refractivity contribution >= 4 is 11.8 Å². The van der Waals surface area contributed by atoms with Gasteiger partial charge in [-0.1, -0.05) is 50.1 Å². The minimum Gasteiger partial charge on any atom is -0.477 e. The second-order valence-electron chi connectivity index (χ2n) is 6.37. The van der Waals surface area contributed by atoms with E-state index in [2.05, 4.69) is 0 Å². The Bertz CT molecular complexity index is 612. The molecule has 2 N–H and O–H groups in total. The normalized spacial score (nSPS) is 13.4. The molecule has 0 aliphatic heterocycles. The van der Waals surface area contributed by atoms with Crippen molar-refractivity contribution in [1.82, 2.24) is 0 Å². The maximum absolute atomic E-state index is 12.7. The Kier molecular flexibility index (Phi) is 9.04. The standard InChI is InChI=1S/C10H12O2.C8H11F5O2/c1-10(2,12)9(11)8-6-4-3-5-7-8;1-2-3-4-5(9)7(10,11)8(12,13)6(14)15/h3-7,12H,1-2H3;5H,2-4H2,1H3,(H,14,15). The van der Waals surface area contributed by atoms with Crippen molar-refractivity contribution in [1.29, 1.82) is 0 Å². The van der Waals surface area contributed by atoms with Crippen molar-refractivity contribution in [2.45, 2.75) is 63.7 Å². The van der Waals surface area contributed by atoms with Crippen molar-refractivity contribution < 1.29 is 41.8 Å². The van der Waals surface area contributed by atoms with Crippen molar-refractivity contribution in [3.8, 4) is 0 Å². The SMILES string of the molecule is CC(C)(O)C(=O)c1ccccc1.CCCCC(F)C(F)(F)C(F)(F)C(=O)O. The van der Waals surface area contributed by atoms with E-state index in [0.717, 1.165) is 0 Å². The summed E-state index contributed by atoms with van der Waals surface area (Å²) in [7, 11) is 0. The third-order valence-corrected chi connectivity index (χ3v) is 3.48. The van der Waals surface area contributed by atoms with Crippen molar-refractivity contribution in [3.05, 3.63) is 35.9 Å². The van der Waals surface area contributed by atoms with E-state index < -0.39 is 36.0 Å². The first kappa shape index (κ1) is 25.0. The Morgan fingerprint density at radius 1 is 1.07 bits per heavy atom. The highest BCUT2D eigenvalue weighted by Crippen LogP contribution is 2.40. The summed E-state index contributed by atoms with van der Waals surface area (Å²) >= 11 is 0. The highest BCUT2D eigenvalue weighted by Gasteiger charge is 2.66. The number of ketones is 1. The zero-order chi connectivity index (χ0) is 21.5. The zero-order valence-corrected chi connectivity index (χ0v) is 15.2. The summed E-state index contributed by atoms with van der Waals surface area (Å²) in [5.74, 6) is -13.8. The first-order valence-electron chi connectivity index (χ1n) is 8.14. The predicted molar refractivity (Wildman–Crippen MR) is 89.0 cm³/mol. The number of hydrogen-bond acceptors (Lipinski definition) is 3. The maximum atomic E-state index is 12.7. The lowest BCUT2D eigenvalue weighted by atomic mass is 9.97. The summed E-state index contributed by atoms with van der Waals surface area (Å²) in [5.41, 5.74) is -0.730. The highest BCUT2D eigenvalue weighted by molar-refractivity contribution is 6.01. The first-order chi connectivity index (χ1) is 12.2. The van der Waals surface area contributed by atoms with Crippen molar-refractivity contribution in [3.63, 3.8) is 0 Å². The molecule has 1 unspecified atom stereocenters. The number of hydrogen-bond donors (Lipinski definition) is 2. The van der Waals surface area contributed by atoms with Gasteiger partial charge in [0, 0.05) is 5.56 Å². The molecule has 0 amide bonds. The molecule has 0 spiro atoms. The van der Waals surface area contributed by atoms with E-state index in [1.807, 2.05) is 6.07 Å². The van der Waals surface area contributed by atoms with Crippen LogP contribution in [0.5, 0.6) is 0 Å². The molecule has 0 radical (unpaired) electrons. The monoisotopic (exact) mass is 398 g/mol. The van der Waals surface area contributed by atoms with Gasteiger partial charge in [-0.2, -0.15) is 17.6 Å². The van der Waals surface area contributed by atoms with Crippen LogP contribution in [-0.4, -0.2) is 45.6 Å². The topological polar surface area (TPSA) is 74.6 Å². The van der Waals surface area contributed by atoms with Crippen LogP contribution in [0.3, 0.4) is 0 Å². The van der Waals surface area contributed by atoms with Gasteiger partial charge < -0.3 is 10.2 Å². The molecule has 1 aromatic rings. The number of halogens is 5. The number of alkyl halides is 5. The minimum absolute atomic E-state index is 0.00748. The Morgan fingerprint density at radius 3 is 1.93 bits per heavy atom. The van der Waals surface area contributed by atoms with E-state index in [1.165, 1.54) is 13.8 Å². The van der Waals surface area contributed by atoms with E-state index in [9.17, 15) is 36.6 Å². The average Bonchev–Trinajstić information content (AvgIpc) is 2.59. The van der Waals surface area contributed by atoms with Crippen LogP contribution in [0.25, 0.3) is 0 Å². The molecule has 9 heteroatoms. The van der Waals surface area contributed by atoms with Crippen LogP contribution in [0, 0.1) is 0 Å². The second-order valence-corrected chi connectivity index (χ2v) is 6.37. The molecule has 0 aliphatic rings. The van der Waals surface area contributed by atoms with E-state index in [0.29, 0.717) is 12.0 Å². The lowest BCUT2D eigenvalue weighted by Crippen LogP contribution is -2.52. The fourth-order valence-corrected chi connectivity index (χ4v) is 1.85. The number of benzene rings is 1. The van der Waals surface area contributed by atoms with Crippen LogP contribution in [0.2, 0.25) is 0 Å². The number of carbonyl (C=O) groups is 2. The number of rotatable bonds is 8. The number of carbonyl (C=O) groups excluding carboxylic acids is 1. The average molecular weight is 398 g/mol. The van der Waals surface area contributed by atoms with E-state index in [4.69, 9.17) is 5.11 Å². The third kappa shape index (κ3) is 6.89. The molecular weight excluding hydrogens is 375 g/mol. The van der Waals surface area contributed by atoms with Crippen LogP contribution >= 0.6 is 0 Å². The van der Waals surface area contributed by atoms with Crippen LogP contribution in [-0.2, 0) is 4.79 Å². The van der Waals surface area contributed by atoms with Gasteiger partial charge in [0.15, 0.2) is 12.0 Å². The molecule has 0 saturated heterocycles. The van der Waals surface area contributed by atoms with Gasteiger partial charge in [-0.15, -0.1) is 0 Å². The van der Waals surface area contributed by atoms with E-state index in [-0.39, 0.29) is 12.2 Å². The molecule has 0 aromatic heterocycles. The van der Waals surface area contributed by atoms with E-state index in [1.54, 1.807) is 31.2 Å². The number of unbranched alkanes of at least 4 members (excludes halogenated alkanes) is 1. The Balaban J connectivity index is 0.000000511. The lowest BCUT2D eigenvalue weighted by molar-refractivity contribution is -0.244. The van der Waals surface area contributed by atoms with Gasteiger partial charge in [0.2, 0.25) is 0 Å².